The summed E-state index contributed by atoms with van der Waals surface area (Å²) in [6.07, 6.45) is 3.76. The minimum Gasteiger partial charge on any atom is -0.465 e. The van der Waals surface area contributed by atoms with Crippen LogP contribution < -0.4 is 4.18 Å². The van der Waals surface area contributed by atoms with Gasteiger partial charge in [-0.05, 0) is 35.4 Å². The molecule has 0 aliphatic rings. The van der Waals surface area contributed by atoms with Crippen LogP contribution in [-0.2, 0) is 4.74 Å². The predicted octanol–water partition coefficient (Wildman–Crippen LogP) is 5.63. The van der Waals surface area contributed by atoms with Crippen molar-refractivity contribution in [2.45, 2.75) is 0 Å². The Morgan fingerprint density at radius 1 is 1.23 bits per heavy atom. The van der Waals surface area contributed by atoms with Gasteiger partial charge in [-0.2, -0.15) is 0 Å². The van der Waals surface area contributed by atoms with E-state index in [1.54, 1.807) is 24.3 Å². The number of hydrogen-bond acceptors (Lipinski definition) is 4. The molecule has 0 atom stereocenters. The lowest BCUT2D eigenvalue weighted by Gasteiger charge is -2.03. The molecule has 2 aromatic carbocycles. The Morgan fingerprint density at radius 2 is 2.05 bits per heavy atom. The summed E-state index contributed by atoms with van der Waals surface area (Å²) in [4.78, 5) is 11.5. The zero-order valence-electron chi connectivity index (χ0n) is 11.6. The first-order valence-corrected chi connectivity index (χ1v) is 9.21. The molecule has 0 fully saturated rings. The molecular formula is C16H12BrClO3S. The van der Waals surface area contributed by atoms with E-state index in [-0.39, 0.29) is 5.97 Å². The number of ether oxygens (including phenoxy) is 1. The predicted molar refractivity (Wildman–Crippen MR) is 95.3 cm³/mol. The number of hydrogen-bond donors (Lipinski definition) is 0. The molecule has 2 aromatic rings. The van der Waals surface area contributed by atoms with Crippen molar-refractivity contribution in [1.82, 2.24) is 0 Å². The van der Waals surface area contributed by atoms with E-state index in [0.29, 0.717) is 16.3 Å². The van der Waals surface area contributed by atoms with Crippen LogP contribution in [0, 0.1) is 0 Å². The van der Waals surface area contributed by atoms with Crippen LogP contribution in [0.25, 0.3) is 12.2 Å². The standard InChI is InChI=1S/C16H12BrClO3S/c1-20-16(19)13-4-2-3-11(9-13)5-6-12-7-8-14(21-22-17)10-15(12)18/h2-10H,1H3/b6-5+. The molecule has 3 nitrogen and oxygen atoms in total. The van der Waals surface area contributed by atoms with Gasteiger partial charge in [-0.1, -0.05) is 35.9 Å². The molecule has 0 aromatic heterocycles. The average Bonchev–Trinajstić information content (AvgIpc) is 2.54. The maximum atomic E-state index is 11.5. The van der Waals surface area contributed by atoms with Crippen molar-refractivity contribution in [2.75, 3.05) is 7.11 Å². The van der Waals surface area contributed by atoms with E-state index in [0.717, 1.165) is 21.6 Å². The van der Waals surface area contributed by atoms with Crippen LogP contribution >= 0.6 is 36.9 Å². The summed E-state index contributed by atoms with van der Waals surface area (Å²) in [5, 5.41) is 0.583. The molecule has 0 unspecified atom stereocenters. The SMILES string of the molecule is COC(=O)c1cccc(/C=C/c2ccc(OSBr)cc2Cl)c1. The van der Waals surface area contributed by atoms with Gasteiger partial charge in [0.15, 0.2) is 0 Å². The fraction of sp³-hybridized carbons (Fsp3) is 0.0625. The third kappa shape index (κ3) is 4.53. The largest absolute Gasteiger partial charge is 0.465 e. The molecule has 0 aliphatic carbocycles. The third-order valence-electron chi connectivity index (χ3n) is 2.86. The van der Waals surface area contributed by atoms with Crippen LogP contribution in [-0.4, -0.2) is 13.1 Å². The number of methoxy groups -OCH3 is 1. The molecule has 0 radical (unpaired) electrons. The summed E-state index contributed by atoms with van der Waals surface area (Å²) in [6, 6.07) is 12.6. The summed E-state index contributed by atoms with van der Waals surface area (Å²) in [5.74, 6) is 0.304. The molecule has 6 heteroatoms. The van der Waals surface area contributed by atoms with Crippen LogP contribution in [0.3, 0.4) is 0 Å². The third-order valence-corrected chi connectivity index (χ3v) is 3.84. The molecule has 0 spiro atoms. The van der Waals surface area contributed by atoms with Gasteiger partial charge in [0.05, 0.1) is 17.7 Å². The molecule has 0 saturated heterocycles. The van der Waals surface area contributed by atoms with E-state index >= 15 is 0 Å². The molecular weight excluding hydrogens is 388 g/mol. The van der Waals surface area contributed by atoms with E-state index in [4.69, 9.17) is 20.5 Å². The van der Waals surface area contributed by atoms with Crippen molar-refractivity contribution >= 4 is 55.0 Å². The van der Waals surface area contributed by atoms with E-state index in [1.807, 2.05) is 30.4 Å². The van der Waals surface area contributed by atoms with Gasteiger partial charge < -0.3 is 8.92 Å². The second-order valence-electron chi connectivity index (χ2n) is 4.28. The molecule has 0 saturated carbocycles. The molecule has 0 amide bonds. The van der Waals surface area contributed by atoms with E-state index in [2.05, 4.69) is 14.8 Å². The lowest BCUT2D eigenvalue weighted by atomic mass is 10.1. The highest BCUT2D eigenvalue weighted by molar-refractivity contribution is 9.49. The monoisotopic (exact) mass is 398 g/mol. The Kier molecular flexibility index (Phi) is 6.36. The quantitative estimate of drug-likeness (QED) is 0.370. The Morgan fingerprint density at radius 3 is 2.73 bits per heavy atom. The highest BCUT2D eigenvalue weighted by atomic mass is 79.9. The molecule has 2 rings (SSSR count). The van der Waals surface area contributed by atoms with Gasteiger partial charge in [0, 0.05) is 20.9 Å². The molecule has 22 heavy (non-hydrogen) atoms. The fourth-order valence-electron chi connectivity index (χ4n) is 1.80. The van der Waals surface area contributed by atoms with Crippen molar-refractivity contribution in [3.05, 3.63) is 64.2 Å². The van der Waals surface area contributed by atoms with Crippen molar-refractivity contribution in [2.24, 2.45) is 0 Å². The normalized spacial score (nSPS) is 10.7. The maximum absolute atomic E-state index is 11.5. The van der Waals surface area contributed by atoms with E-state index < -0.39 is 0 Å². The van der Waals surface area contributed by atoms with Crippen LogP contribution in [0.4, 0.5) is 0 Å². The second kappa shape index (κ2) is 8.27. The molecule has 0 aliphatic heterocycles. The van der Waals surface area contributed by atoms with Crippen LogP contribution in [0.15, 0.2) is 42.5 Å². The Labute approximate surface area is 145 Å². The highest BCUT2D eigenvalue weighted by Crippen LogP contribution is 2.27. The van der Waals surface area contributed by atoms with Gasteiger partial charge in [0.25, 0.3) is 0 Å². The summed E-state index contributed by atoms with van der Waals surface area (Å²) < 4.78 is 9.94. The van der Waals surface area contributed by atoms with Crippen molar-refractivity contribution in [3.63, 3.8) is 0 Å². The van der Waals surface area contributed by atoms with Gasteiger partial charge in [0.2, 0.25) is 0 Å². The molecule has 0 N–H and O–H groups in total. The van der Waals surface area contributed by atoms with Gasteiger partial charge in [-0.25, -0.2) is 4.79 Å². The minimum atomic E-state index is -0.359. The Balaban J connectivity index is 2.20. The van der Waals surface area contributed by atoms with Gasteiger partial charge in [-0.3, -0.25) is 0 Å². The van der Waals surface area contributed by atoms with E-state index in [9.17, 15) is 4.79 Å². The lowest BCUT2D eigenvalue weighted by Crippen LogP contribution is -2.00. The van der Waals surface area contributed by atoms with Gasteiger partial charge in [-0.15, -0.1) is 0 Å². The first kappa shape index (κ1) is 16.9. The molecule has 114 valence electrons. The number of carbonyl (C=O) groups excluding carboxylic acids is 1. The lowest BCUT2D eigenvalue weighted by molar-refractivity contribution is 0.0600. The molecule has 0 heterocycles. The van der Waals surface area contributed by atoms with Gasteiger partial charge in [0.1, 0.15) is 16.2 Å². The topological polar surface area (TPSA) is 35.5 Å². The smallest absolute Gasteiger partial charge is 0.337 e. The zero-order chi connectivity index (χ0) is 15.9. The zero-order valence-corrected chi connectivity index (χ0v) is 14.7. The Bertz CT molecular complexity index is 704. The summed E-state index contributed by atoms with van der Waals surface area (Å²) in [6.45, 7) is 0. The number of halogens is 2. The van der Waals surface area contributed by atoms with Crippen LogP contribution in [0.1, 0.15) is 21.5 Å². The maximum Gasteiger partial charge on any atom is 0.337 e. The average molecular weight is 400 g/mol. The van der Waals surface area contributed by atoms with E-state index in [1.165, 1.54) is 7.11 Å². The number of rotatable bonds is 5. The number of carbonyl (C=O) groups is 1. The Hall–Kier alpha value is -1.43. The first-order chi connectivity index (χ1) is 10.6. The first-order valence-electron chi connectivity index (χ1n) is 6.25. The fourth-order valence-corrected chi connectivity index (χ4v) is 2.67. The highest BCUT2D eigenvalue weighted by Gasteiger charge is 2.04. The summed E-state index contributed by atoms with van der Waals surface area (Å²) >= 11 is 9.32. The second-order valence-corrected chi connectivity index (χ2v) is 5.77. The van der Waals surface area contributed by atoms with Crippen molar-refractivity contribution in [3.8, 4) is 5.75 Å². The van der Waals surface area contributed by atoms with Crippen molar-refractivity contribution < 1.29 is 13.7 Å². The van der Waals surface area contributed by atoms with Gasteiger partial charge >= 0.3 is 5.97 Å². The minimum absolute atomic E-state index is 0.359. The van der Waals surface area contributed by atoms with Crippen LogP contribution in [0.5, 0.6) is 5.75 Å². The van der Waals surface area contributed by atoms with Crippen molar-refractivity contribution in [1.29, 1.82) is 0 Å². The molecule has 0 bridgehead atoms. The summed E-state index contributed by atoms with van der Waals surface area (Å²) in [5.41, 5.74) is 2.25. The number of esters is 1. The summed E-state index contributed by atoms with van der Waals surface area (Å²) in [7, 11) is 2.44. The van der Waals surface area contributed by atoms with Crippen LogP contribution in [0.2, 0.25) is 5.02 Å². The number of benzene rings is 2.